The topological polar surface area (TPSA) is 38.5 Å². The lowest BCUT2D eigenvalue weighted by Crippen LogP contribution is -2.57. The zero-order valence-corrected chi connectivity index (χ0v) is 11.6. The normalized spacial score (nSPS) is 39.2. The van der Waals surface area contributed by atoms with Gasteiger partial charge in [-0.1, -0.05) is 20.8 Å². The van der Waals surface area contributed by atoms with Crippen molar-refractivity contribution in [3.63, 3.8) is 0 Å². The molecule has 1 aliphatic carbocycles. The van der Waals surface area contributed by atoms with E-state index in [0.717, 1.165) is 26.1 Å². The second-order valence-corrected chi connectivity index (χ2v) is 6.53. The van der Waals surface area contributed by atoms with Crippen LogP contribution in [0.5, 0.6) is 0 Å². The van der Waals surface area contributed by atoms with Crippen LogP contribution in [0.3, 0.4) is 0 Å². The minimum Gasteiger partial charge on any atom is -0.376 e. The molecular formula is C14H28N2O. The van der Waals surface area contributed by atoms with Crippen LogP contribution in [0.4, 0.5) is 0 Å². The van der Waals surface area contributed by atoms with Gasteiger partial charge in [-0.25, -0.2) is 0 Å². The Hall–Kier alpha value is -0.120. The number of morpholine rings is 1. The smallest absolute Gasteiger partial charge is 0.0700 e. The van der Waals surface area contributed by atoms with Crippen molar-refractivity contribution in [2.45, 2.75) is 64.6 Å². The maximum absolute atomic E-state index is 6.34. The van der Waals surface area contributed by atoms with Gasteiger partial charge in [0.25, 0.3) is 0 Å². The highest BCUT2D eigenvalue weighted by Crippen LogP contribution is 2.37. The predicted molar refractivity (Wildman–Crippen MR) is 71.0 cm³/mol. The molecule has 3 atom stereocenters. The molecule has 3 unspecified atom stereocenters. The Labute approximate surface area is 106 Å². The van der Waals surface area contributed by atoms with Crippen molar-refractivity contribution in [2.24, 2.45) is 11.1 Å². The largest absolute Gasteiger partial charge is 0.376 e. The Kier molecular flexibility index (Phi) is 4.11. The van der Waals surface area contributed by atoms with Gasteiger partial charge >= 0.3 is 0 Å². The molecular weight excluding hydrogens is 212 g/mol. The van der Waals surface area contributed by atoms with Gasteiger partial charge in [0.2, 0.25) is 0 Å². The third kappa shape index (κ3) is 3.21. The molecule has 0 amide bonds. The van der Waals surface area contributed by atoms with Crippen LogP contribution in [0.1, 0.15) is 46.5 Å². The van der Waals surface area contributed by atoms with E-state index in [1.54, 1.807) is 0 Å². The van der Waals surface area contributed by atoms with Crippen LogP contribution < -0.4 is 5.73 Å². The summed E-state index contributed by atoms with van der Waals surface area (Å²) in [6.07, 6.45) is 5.21. The van der Waals surface area contributed by atoms with Crippen LogP contribution >= 0.6 is 0 Å². The van der Waals surface area contributed by atoms with E-state index >= 15 is 0 Å². The summed E-state index contributed by atoms with van der Waals surface area (Å²) in [7, 11) is 0. The average Bonchev–Trinajstić information content (AvgIpc) is 2.32. The van der Waals surface area contributed by atoms with Crippen molar-refractivity contribution < 1.29 is 4.74 Å². The molecule has 17 heavy (non-hydrogen) atoms. The Bertz CT molecular complexity index is 255. The molecule has 2 aliphatic rings. The van der Waals surface area contributed by atoms with E-state index in [1.165, 1.54) is 19.3 Å². The first-order valence-electron chi connectivity index (χ1n) is 7.13. The Morgan fingerprint density at radius 3 is 2.88 bits per heavy atom. The van der Waals surface area contributed by atoms with Crippen molar-refractivity contribution >= 4 is 0 Å². The molecule has 3 nitrogen and oxygen atoms in total. The van der Waals surface area contributed by atoms with E-state index in [0.29, 0.717) is 23.6 Å². The molecule has 0 aromatic rings. The first kappa shape index (κ1) is 13.3. The van der Waals surface area contributed by atoms with Crippen LogP contribution in [0.2, 0.25) is 0 Å². The maximum Gasteiger partial charge on any atom is 0.0700 e. The molecule has 0 aromatic heterocycles. The van der Waals surface area contributed by atoms with Crippen molar-refractivity contribution in [2.75, 3.05) is 19.7 Å². The number of ether oxygens (including phenoxy) is 1. The van der Waals surface area contributed by atoms with Crippen LogP contribution in [-0.2, 0) is 4.74 Å². The molecule has 1 saturated carbocycles. The van der Waals surface area contributed by atoms with Gasteiger partial charge in [-0.05, 0) is 31.1 Å². The molecule has 3 heteroatoms. The lowest BCUT2D eigenvalue weighted by Gasteiger charge is -2.47. The molecule has 1 aliphatic heterocycles. The summed E-state index contributed by atoms with van der Waals surface area (Å²) in [6.45, 7) is 9.98. The standard InChI is InChI=1S/C14H28N2O/c1-4-11-10-16(7-8-17-11)13-9-14(2,3)6-5-12(13)15/h11-13H,4-10,15H2,1-3H3. The Morgan fingerprint density at radius 2 is 2.18 bits per heavy atom. The molecule has 0 bridgehead atoms. The van der Waals surface area contributed by atoms with E-state index in [9.17, 15) is 0 Å². The minimum absolute atomic E-state index is 0.360. The highest BCUT2D eigenvalue weighted by atomic mass is 16.5. The summed E-state index contributed by atoms with van der Waals surface area (Å²) >= 11 is 0. The van der Waals surface area contributed by atoms with Gasteiger partial charge in [-0.3, -0.25) is 4.90 Å². The second kappa shape index (κ2) is 5.25. The molecule has 100 valence electrons. The quantitative estimate of drug-likeness (QED) is 0.802. The van der Waals surface area contributed by atoms with Crippen LogP contribution in [0, 0.1) is 5.41 Å². The van der Waals surface area contributed by atoms with Gasteiger partial charge in [0.1, 0.15) is 0 Å². The van der Waals surface area contributed by atoms with Crippen LogP contribution in [-0.4, -0.2) is 42.8 Å². The molecule has 1 saturated heterocycles. The maximum atomic E-state index is 6.34. The molecule has 2 fully saturated rings. The highest BCUT2D eigenvalue weighted by Gasteiger charge is 2.37. The van der Waals surface area contributed by atoms with Gasteiger partial charge < -0.3 is 10.5 Å². The fourth-order valence-corrected chi connectivity index (χ4v) is 3.26. The van der Waals surface area contributed by atoms with E-state index in [4.69, 9.17) is 10.5 Å². The fourth-order valence-electron chi connectivity index (χ4n) is 3.26. The molecule has 0 radical (unpaired) electrons. The molecule has 0 spiro atoms. The van der Waals surface area contributed by atoms with Gasteiger partial charge in [0, 0.05) is 25.2 Å². The van der Waals surface area contributed by atoms with E-state index < -0.39 is 0 Å². The third-order valence-electron chi connectivity index (χ3n) is 4.50. The van der Waals surface area contributed by atoms with E-state index in [-0.39, 0.29) is 0 Å². The predicted octanol–water partition coefficient (Wildman–Crippen LogP) is 2.00. The van der Waals surface area contributed by atoms with Crippen LogP contribution in [0.15, 0.2) is 0 Å². The van der Waals surface area contributed by atoms with Gasteiger partial charge in [0.05, 0.1) is 12.7 Å². The minimum atomic E-state index is 0.360. The fraction of sp³-hybridized carbons (Fsp3) is 1.00. The number of rotatable bonds is 2. The Morgan fingerprint density at radius 1 is 1.41 bits per heavy atom. The molecule has 0 aromatic carbocycles. The van der Waals surface area contributed by atoms with Gasteiger partial charge in [-0.2, -0.15) is 0 Å². The van der Waals surface area contributed by atoms with Crippen molar-refractivity contribution in [1.29, 1.82) is 0 Å². The second-order valence-electron chi connectivity index (χ2n) is 6.53. The van der Waals surface area contributed by atoms with Crippen LogP contribution in [0.25, 0.3) is 0 Å². The summed E-state index contributed by atoms with van der Waals surface area (Å²) < 4.78 is 5.75. The zero-order valence-electron chi connectivity index (χ0n) is 11.6. The zero-order chi connectivity index (χ0) is 12.5. The van der Waals surface area contributed by atoms with Crippen molar-refractivity contribution in [1.82, 2.24) is 4.90 Å². The Balaban J connectivity index is 1.99. The van der Waals surface area contributed by atoms with Gasteiger partial charge in [-0.15, -0.1) is 0 Å². The van der Waals surface area contributed by atoms with Gasteiger partial charge in [0.15, 0.2) is 0 Å². The summed E-state index contributed by atoms with van der Waals surface area (Å²) in [5.41, 5.74) is 6.79. The molecule has 2 rings (SSSR count). The number of hydrogen-bond donors (Lipinski definition) is 1. The summed E-state index contributed by atoms with van der Waals surface area (Å²) in [5, 5.41) is 0. The summed E-state index contributed by atoms with van der Waals surface area (Å²) in [5.74, 6) is 0. The number of nitrogens with zero attached hydrogens (tertiary/aromatic N) is 1. The summed E-state index contributed by atoms with van der Waals surface area (Å²) in [6, 6.07) is 0.926. The monoisotopic (exact) mass is 240 g/mol. The summed E-state index contributed by atoms with van der Waals surface area (Å²) in [4.78, 5) is 2.59. The SMILES string of the molecule is CCC1CN(C2CC(C)(C)CCC2N)CCO1. The third-order valence-corrected chi connectivity index (χ3v) is 4.50. The molecule has 2 N–H and O–H groups in total. The average molecular weight is 240 g/mol. The van der Waals surface area contributed by atoms with E-state index in [2.05, 4.69) is 25.7 Å². The first-order chi connectivity index (χ1) is 8.02. The number of nitrogens with two attached hydrogens (primary N) is 1. The lowest BCUT2D eigenvalue weighted by atomic mass is 9.72. The van der Waals surface area contributed by atoms with Crippen molar-refractivity contribution in [3.8, 4) is 0 Å². The lowest BCUT2D eigenvalue weighted by molar-refractivity contribution is -0.0602. The van der Waals surface area contributed by atoms with E-state index in [1.807, 2.05) is 0 Å². The molecule has 1 heterocycles. The van der Waals surface area contributed by atoms with Crippen molar-refractivity contribution in [3.05, 3.63) is 0 Å². The number of hydrogen-bond acceptors (Lipinski definition) is 3. The first-order valence-corrected chi connectivity index (χ1v) is 7.13. The highest BCUT2D eigenvalue weighted by molar-refractivity contribution is 4.94.